The fourth-order valence-electron chi connectivity index (χ4n) is 2.78. The minimum absolute atomic E-state index is 0.249. The molecular weight excluding hydrogens is 348 g/mol. The highest BCUT2D eigenvalue weighted by molar-refractivity contribution is 7.92. The van der Waals surface area contributed by atoms with Crippen LogP contribution in [-0.4, -0.2) is 27.1 Å². The largest absolute Gasteiger partial charge is 0.322 e. The molecule has 7 heteroatoms. The van der Waals surface area contributed by atoms with Crippen molar-refractivity contribution in [2.45, 2.75) is 13.3 Å². The summed E-state index contributed by atoms with van der Waals surface area (Å²) in [5.41, 5.74) is 3.57. The van der Waals surface area contributed by atoms with Crippen LogP contribution < -0.4 is 9.62 Å². The summed E-state index contributed by atoms with van der Waals surface area (Å²) in [4.78, 5) is 12.5. The van der Waals surface area contributed by atoms with Crippen molar-refractivity contribution in [1.82, 2.24) is 0 Å². The summed E-state index contributed by atoms with van der Waals surface area (Å²) >= 11 is 5.97. The normalized spacial score (nSPS) is 13.7. The minimum Gasteiger partial charge on any atom is -0.322 e. The lowest BCUT2D eigenvalue weighted by Crippen LogP contribution is -2.27. The molecule has 24 heavy (non-hydrogen) atoms. The van der Waals surface area contributed by atoms with Gasteiger partial charge in [-0.2, -0.15) is 0 Å². The van der Waals surface area contributed by atoms with Gasteiger partial charge in [0.05, 0.1) is 11.9 Å². The molecule has 0 saturated heterocycles. The summed E-state index contributed by atoms with van der Waals surface area (Å²) in [6, 6.07) is 10.4. The van der Waals surface area contributed by atoms with Crippen LogP contribution in [0, 0.1) is 6.92 Å². The van der Waals surface area contributed by atoms with Gasteiger partial charge < -0.3 is 5.32 Å². The van der Waals surface area contributed by atoms with E-state index in [1.807, 2.05) is 13.0 Å². The molecule has 1 heterocycles. The van der Waals surface area contributed by atoms with Crippen LogP contribution in [0.2, 0.25) is 5.02 Å². The second-order valence-corrected chi connectivity index (χ2v) is 8.19. The summed E-state index contributed by atoms with van der Waals surface area (Å²) in [5, 5.41) is 3.39. The number of anilines is 2. The first-order chi connectivity index (χ1) is 11.3. The van der Waals surface area contributed by atoms with Gasteiger partial charge in [-0.15, -0.1) is 0 Å². The Bertz CT molecular complexity index is 925. The smallest absolute Gasteiger partial charge is 0.255 e. The molecule has 3 rings (SSSR count). The quantitative estimate of drug-likeness (QED) is 0.909. The van der Waals surface area contributed by atoms with Crippen molar-refractivity contribution in [2.75, 3.05) is 22.4 Å². The average molecular weight is 365 g/mol. The zero-order chi connectivity index (χ0) is 17.5. The second kappa shape index (κ2) is 6.11. The first-order valence-electron chi connectivity index (χ1n) is 7.44. The third-order valence-corrected chi connectivity index (χ3v) is 5.46. The van der Waals surface area contributed by atoms with E-state index in [9.17, 15) is 13.2 Å². The Morgan fingerprint density at radius 2 is 1.96 bits per heavy atom. The number of benzene rings is 2. The van der Waals surface area contributed by atoms with Crippen LogP contribution in [0.3, 0.4) is 0 Å². The van der Waals surface area contributed by atoms with Crippen molar-refractivity contribution in [3.63, 3.8) is 0 Å². The number of nitrogens with one attached hydrogen (secondary N) is 1. The van der Waals surface area contributed by atoms with Crippen molar-refractivity contribution in [3.8, 4) is 0 Å². The van der Waals surface area contributed by atoms with Gasteiger partial charge >= 0.3 is 0 Å². The number of hydrogen-bond donors (Lipinski definition) is 1. The standard InChI is InChI=1S/C17H17ClN2O3S/c1-11-3-5-14(18)10-15(11)19-17(21)13-4-6-16-12(9-13)7-8-20(16)24(2,22)23/h3-6,9-10H,7-8H2,1-2H3,(H,19,21). The number of carbonyl (C=O) groups is 1. The maximum absolute atomic E-state index is 12.5. The number of rotatable bonds is 3. The maximum atomic E-state index is 12.5. The summed E-state index contributed by atoms with van der Waals surface area (Å²) in [5.74, 6) is -0.249. The van der Waals surface area contributed by atoms with Crippen molar-refractivity contribution in [3.05, 3.63) is 58.1 Å². The molecule has 0 fully saturated rings. The topological polar surface area (TPSA) is 66.5 Å². The predicted octanol–water partition coefficient (Wildman–Crippen LogP) is 3.22. The van der Waals surface area contributed by atoms with Crippen LogP contribution in [-0.2, 0) is 16.4 Å². The molecule has 0 bridgehead atoms. The van der Waals surface area contributed by atoms with E-state index in [4.69, 9.17) is 11.6 Å². The fourth-order valence-corrected chi connectivity index (χ4v) is 3.91. The lowest BCUT2D eigenvalue weighted by molar-refractivity contribution is 0.102. The molecule has 2 aromatic rings. The van der Waals surface area contributed by atoms with Gasteiger partial charge in [0, 0.05) is 22.8 Å². The lowest BCUT2D eigenvalue weighted by atomic mass is 10.1. The van der Waals surface area contributed by atoms with Gasteiger partial charge in [0.2, 0.25) is 10.0 Å². The third-order valence-electron chi connectivity index (χ3n) is 4.04. The molecule has 5 nitrogen and oxygen atoms in total. The van der Waals surface area contributed by atoms with Gasteiger partial charge in [0.1, 0.15) is 0 Å². The van der Waals surface area contributed by atoms with Crippen molar-refractivity contribution < 1.29 is 13.2 Å². The highest BCUT2D eigenvalue weighted by Crippen LogP contribution is 2.31. The van der Waals surface area contributed by atoms with E-state index in [0.717, 1.165) is 11.1 Å². The van der Waals surface area contributed by atoms with Crippen molar-refractivity contribution >= 4 is 38.9 Å². The fraction of sp³-hybridized carbons (Fsp3) is 0.235. The predicted molar refractivity (Wildman–Crippen MR) is 96.5 cm³/mol. The van der Waals surface area contributed by atoms with Crippen LogP contribution in [0.15, 0.2) is 36.4 Å². The van der Waals surface area contributed by atoms with Gasteiger partial charge in [0.25, 0.3) is 5.91 Å². The Hall–Kier alpha value is -2.05. The molecule has 1 amide bonds. The Kier molecular flexibility index (Phi) is 4.27. The SMILES string of the molecule is Cc1ccc(Cl)cc1NC(=O)c1ccc2c(c1)CCN2S(C)(=O)=O. The van der Waals surface area contributed by atoms with Gasteiger partial charge in [-0.05, 0) is 54.8 Å². The monoisotopic (exact) mass is 364 g/mol. The highest BCUT2D eigenvalue weighted by atomic mass is 35.5. The minimum atomic E-state index is -3.29. The number of fused-ring (bicyclic) bond motifs is 1. The second-order valence-electron chi connectivity index (χ2n) is 5.84. The van der Waals surface area contributed by atoms with E-state index in [1.165, 1.54) is 10.6 Å². The number of hydrogen-bond acceptors (Lipinski definition) is 3. The lowest BCUT2D eigenvalue weighted by Gasteiger charge is -2.16. The maximum Gasteiger partial charge on any atom is 0.255 e. The number of halogens is 1. The van der Waals surface area contributed by atoms with Crippen molar-refractivity contribution in [2.24, 2.45) is 0 Å². The summed E-state index contributed by atoms with van der Waals surface area (Å²) < 4.78 is 24.9. The zero-order valence-corrected chi connectivity index (χ0v) is 14.9. The van der Waals surface area contributed by atoms with Gasteiger partial charge in [-0.25, -0.2) is 8.42 Å². The molecule has 0 aliphatic carbocycles. The van der Waals surface area contributed by atoms with Gasteiger partial charge in [-0.3, -0.25) is 9.10 Å². The van der Waals surface area contributed by atoms with Crippen LogP contribution in [0.4, 0.5) is 11.4 Å². The molecule has 0 radical (unpaired) electrons. The van der Waals surface area contributed by atoms with Gasteiger partial charge in [-0.1, -0.05) is 17.7 Å². The van der Waals surface area contributed by atoms with Crippen LogP contribution >= 0.6 is 11.6 Å². The number of nitrogens with zero attached hydrogens (tertiary/aromatic N) is 1. The molecule has 1 N–H and O–H groups in total. The van der Waals surface area contributed by atoms with E-state index in [-0.39, 0.29) is 5.91 Å². The van der Waals surface area contributed by atoms with Crippen LogP contribution in [0.25, 0.3) is 0 Å². The summed E-state index contributed by atoms with van der Waals surface area (Å²) in [6.07, 6.45) is 1.78. The number of amides is 1. The van der Waals surface area contributed by atoms with E-state index >= 15 is 0 Å². The summed E-state index contributed by atoms with van der Waals surface area (Å²) in [7, 11) is -3.29. The Labute approximate surface area is 146 Å². The first-order valence-corrected chi connectivity index (χ1v) is 9.66. The van der Waals surface area contributed by atoms with E-state index < -0.39 is 10.0 Å². The van der Waals surface area contributed by atoms with Crippen LogP contribution in [0.5, 0.6) is 0 Å². The molecule has 0 aromatic heterocycles. The molecule has 0 unspecified atom stereocenters. The zero-order valence-electron chi connectivity index (χ0n) is 13.3. The molecule has 2 aromatic carbocycles. The number of sulfonamides is 1. The van der Waals surface area contributed by atoms with Crippen molar-refractivity contribution in [1.29, 1.82) is 0 Å². The number of carbonyl (C=O) groups excluding carboxylic acids is 1. The molecule has 0 saturated carbocycles. The Morgan fingerprint density at radius 3 is 2.67 bits per heavy atom. The average Bonchev–Trinajstić information content (AvgIpc) is 2.94. The first kappa shape index (κ1) is 16.8. The molecule has 0 atom stereocenters. The van der Waals surface area contributed by atoms with E-state index in [1.54, 1.807) is 30.3 Å². The van der Waals surface area contributed by atoms with Gasteiger partial charge in [0.15, 0.2) is 0 Å². The Morgan fingerprint density at radius 1 is 1.21 bits per heavy atom. The third kappa shape index (κ3) is 3.25. The van der Waals surface area contributed by atoms with E-state index in [2.05, 4.69) is 5.32 Å². The molecule has 126 valence electrons. The molecule has 1 aliphatic heterocycles. The molecule has 1 aliphatic rings. The molecular formula is C17H17ClN2O3S. The highest BCUT2D eigenvalue weighted by Gasteiger charge is 2.26. The Balaban J connectivity index is 1.86. The van der Waals surface area contributed by atoms with E-state index in [0.29, 0.717) is 34.9 Å². The van der Waals surface area contributed by atoms with Crippen LogP contribution in [0.1, 0.15) is 21.5 Å². The number of aryl methyl sites for hydroxylation is 1. The summed E-state index contributed by atoms with van der Waals surface area (Å²) in [6.45, 7) is 2.30. The molecule has 0 spiro atoms.